The van der Waals surface area contributed by atoms with Gasteiger partial charge in [-0.2, -0.15) is 0 Å². The summed E-state index contributed by atoms with van der Waals surface area (Å²) in [6.07, 6.45) is 0. The number of rotatable bonds is 4. The first-order valence-electron chi connectivity index (χ1n) is 15.6. The summed E-state index contributed by atoms with van der Waals surface area (Å²) in [7, 11) is 0. The van der Waals surface area contributed by atoms with E-state index in [2.05, 4.69) is 80.6 Å². The minimum absolute atomic E-state index is 0.182. The monoisotopic (exact) mass is 591 g/mol. The molecule has 0 unspecified atom stereocenters. The zero-order chi connectivity index (χ0) is 30.8. The highest BCUT2D eigenvalue weighted by molar-refractivity contribution is 6.14. The van der Waals surface area contributed by atoms with E-state index in [1.807, 2.05) is 72.8 Å². The predicted molar refractivity (Wildman–Crippen MR) is 186 cm³/mol. The van der Waals surface area contributed by atoms with E-state index in [0.717, 1.165) is 44.2 Å². The smallest absolute Gasteiger partial charge is 0.164 e. The summed E-state index contributed by atoms with van der Waals surface area (Å²) in [5.41, 5.74) is 11.8. The zero-order valence-corrected chi connectivity index (χ0v) is 25.5. The van der Waals surface area contributed by atoms with Gasteiger partial charge in [0.25, 0.3) is 0 Å². The van der Waals surface area contributed by atoms with Gasteiger partial charge in [-0.3, -0.25) is 0 Å². The van der Waals surface area contributed by atoms with Gasteiger partial charge in [0, 0.05) is 32.9 Å². The van der Waals surface area contributed by atoms with Crippen LogP contribution >= 0.6 is 0 Å². The molecule has 218 valence electrons. The normalized spacial score (nSPS) is 13.2. The van der Waals surface area contributed by atoms with Crippen LogP contribution in [0.25, 0.3) is 78.4 Å². The first-order valence-corrected chi connectivity index (χ1v) is 15.6. The highest BCUT2D eigenvalue weighted by Gasteiger charge is 2.37. The summed E-state index contributed by atoms with van der Waals surface area (Å²) in [5.74, 6) is 1.87. The van der Waals surface area contributed by atoms with E-state index in [9.17, 15) is 0 Å². The summed E-state index contributed by atoms with van der Waals surface area (Å²) in [6, 6.07) is 48.3. The van der Waals surface area contributed by atoms with Gasteiger partial charge in [-0.1, -0.05) is 135 Å². The summed E-state index contributed by atoms with van der Waals surface area (Å²) in [4.78, 5) is 15.0. The molecule has 6 aromatic carbocycles. The van der Waals surface area contributed by atoms with Gasteiger partial charge >= 0.3 is 0 Å². The summed E-state index contributed by atoms with van der Waals surface area (Å²) >= 11 is 0. The quantitative estimate of drug-likeness (QED) is 0.204. The molecule has 0 saturated carbocycles. The number of furan rings is 1. The van der Waals surface area contributed by atoms with Crippen LogP contribution in [0.2, 0.25) is 0 Å². The summed E-state index contributed by atoms with van der Waals surface area (Å²) in [5, 5.41) is 2.19. The minimum atomic E-state index is -0.182. The van der Waals surface area contributed by atoms with Gasteiger partial charge in [0.1, 0.15) is 11.2 Å². The molecule has 4 heteroatoms. The van der Waals surface area contributed by atoms with Crippen molar-refractivity contribution in [1.29, 1.82) is 0 Å². The Hall–Kier alpha value is -5.87. The van der Waals surface area contributed by atoms with Gasteiger partial charge in [-0.05, 0) is 51.6 Å². The van der Waals surface area contributed by atoms with Crippen LogP contribution in [0, 0.1) is 0 Å². The molecule has 2 aromatic heterocycles. The standard InChI is InChI=1S/C42H29N3O/c1-42(2)34-22-11-9-18-29(34)30-20-13-21-31(38(30)42)33-24-28(25-36-37(33)32-19-10-12-23-35(32)46-36)41-44-39(26-14-5-3-6-15-26)43-40(45-41)27-16-7-4-8-17-27/h3-25H,1-2H3. The number of benzene rings is 6. The van der Waals surface area contributed by atoms with Crippen LogP contribution in [0.3, 0.4) is 0 Å². The second-order valence-corrected chi connectivity index (χ2v) is 12.4. The van der Waals surface area contributed by atoms with Crippen molar-refractivity contribution in [3.05, 3.63) is 151 Å². The average Bonchev–Trinajstić information content (AvgIpc) is 3.61. The van der Waals surface area contributed by atoms with Crippen LogP contribution in [0.5, 0.6) is 0 Å². The van der Waals surface area contributed by atoms with Gasteiger partial charge in [0.2, 0.25) is 0 Å². The number of hydrogen-bond donors (Lipinski definition) is 0. The van der Waals surface area contributed by atoms with Gasteiger partial charge < -0.3 is 4.42 Å². The molecule has 0 bridgehead atoms. The number of fused-ring (bicyclic) bond motifs is 6. The highest BCUT2D eigenvalue weighted by Crippen LogP contribution is 2.53. The summed E-state index contributed by atoms with van der Waals surface area (Å²) < 4.78 is 6.57. The van der Waals surface area contributed by atoms with Crippen molar-refractivity contribution in [3.8, 4) is 56.4 Å². The van der Waals surface area contributed by atoms with E-state index in [1.54, 1.807) is 0 Å². The molecule has 4 nitrogen and oxygen atoms in total. The van der Waals surface area contributed by atoms with Gasteiger partial charge in [0.15, 0.2) is 17.5 Å². The van der Waals surface area contributed by atoms with Crippen molar-refractivity contribution in [2.75, 3.05) is 0 Å². The molecule has 0 spiro atoms. The van der Waals surface area contributed by atoms with E-state index in [1.165, 1.54) is 27.8 Å². The Labute approximate surface area is 267 Å². The SMILES string of the molecule is CC1(C)c2ccccc2-c2cccc(-c3cc(-c4nc(-c5ccccc5)nc(-c5ccccc5)n4)cc4oc5ccccc5c34)c21. The molecule has 1 aliphatic rings. The van der Waals surface area contributed by atoms with Crippen LogP contribution in [0.4, 0.5) is 0 Å². The Morgan fingerprint density at radius 3 is 1.70 bits per heavy atom. The Kier molecular flexibility index (Phi) is 5.81. The molecule has 0 radical (unpaired) electrons. The van der Waals surface area contributed by atoms with Crippen molar-refractivity contribution < 1.29 is 4.42 Å². The first-order chi connectivity index (χ1) is 22.6. The van der Waals surface area contributed by atoms with Crippen molar-refractivity contribution in [2.45, 2.75) is 19.3 Å². The van der Waals surface area contributed by atoms with Gasteiger partial charge in [0.05, 0.1) is 0 Å². The lowest BCUT2D eigenvalue weighted by Gasteiger charge is -2.25. The Morgan fingerprint density at radius 1 is 0.457 bits per heavy atom. The maximum absolute atomic E-state index is 6.57. The fourth-order valence-electron chi connectivity index (χ4n) is 7.21. The van der Waals surface area contributed by atoms with Crippen molar-refractivity contribution in [2.24, 2.45) is 0 Å². The Balaban J connectivity index is 1.35. The van der Waals surface area contributed by atoms with Crippen LogP contribution in [0.1, 0.15) is 25.0 Å². The molecule has 0 aliphatic heterocycles. The molecule has 0 atom stereocenters. The molecule has 2 heterocycles. The second-order valence-electron chi connectivity index (χ2n) is 12.4. The second kappa shape index (κ2) is 10.1. The lowest BCUT2D eigenvalue weighted by atomic mass is 9.78. The molecular formula is C42H29N3O. The van der Waals surface area contributed by atoms with E-state index in [4.69, 9.17) is 19.4 Å². The van der Waals surface area contributed by atoms with E-state index in [-0.39, 0.29) is 5.41 Å². The molecule has 9 rings (SSSR count). The minimum Gasteiger partial charge on any atom is -0.456 e. The zero-order valence-electron chi connectivity index (χ0n) is 25.5. The molecule has 0 fully saturated rings. The van der Waals surface area contributed by atoms with Gasteiger partial charge in [-0.25, -0.2) is 15.0 Å². The number of para-hydroxylation sites is 1. The lowest BCUT2D eigenvalue weighted by molar-refractivity contribution is 0.662. The molecule has 1 aliphatic carbocycles. The van der Waals surface area contributed by atoms with E-state index >= 15 is 0 Å². The lowest BCUT2D eigenvalue weighted by Crippen LogP contribution is -2.16. The molecule has 0 N–H and O–H groups in total. The molecule has 46 heavy (non-hydrogen) atoms. The third-order valence-corrected chi connectivity index (χ3v) is 9.31. The first kappa shape index (κ1) is 26.5. The molecule has 0 saturated heterocycles. The Morgan fingerprint density at radius 2 is 1.00 bits per heavy atom. The number of nitrogens with zero attached hydrogens (tertiary/aromatic N) is 3. The highest BCUT2D eigenvalue weighted by atomic mass is 16.3. The fraction of sp³-hybridized carbons (Fsp3) is 0.0714. The average molecular weight is 592 g/mol. The molecular weight excluding hydrogens is 562 g/mol. The molecule has 8 aromatic rings. The van der Waals surface area contributed by atoms with Gasteiger partial charge in [-0.15, -0.1) is 0 Å². The maximum atomic E-state index is 6.57. The van der Waals surface area contributed by atoms with Crippen LogP contribution in [0.15, 0.2) is 144 Å². The largest absolute Gasteiger partial charge is 0.456 e. The van der Waals surface area contributed by atoms with Crippen LogP contribution < -0.4 is 0 Å². The fourth-order valence-corrected chi connectivity index (χ4v) is 7.21. The van der Waals surface area contributed by atoms with Crippen molar-refractivity contribution in [1.82, 2.24) is 15.0 Å². The third kappa shape index (κ3) is 4.04. The van der Waals surface area contributed by atoms with Crippen molar-refractivity contribution >= 4 is 21.9 Å². The maximum Gasteiger partial charge on any atom is 0.164 e. The molecule has 0 amide bonds. The predicted octanol–water partition coefficient (Wildman–Crippen LogP) is 10.7. The number of aromatic nitrogens is 3. The Bertz CT molecular complexity index is 2380. The number of hydrogen-bond acceptors (Lipinski definition) is 4. The van der Waals surface area contributed by atoms with E-state index in [0.29, 0.717) is 17.5 Å². The van der Waals surface area contributed by atoms with Crippen LogP contribution in [-0.2, 0) is 5.41 Å². The topological polar surface area (TPSA) is 51.8 Å². The summed E-state index contributed by atoms with van der Waals surface area (Å²) in [6.45, 7) is 4.67. The van der Waals surface area contributed by atoms with Crippen molar-refractivity contribution in [3.63, 3.8) is 0 Å². The third-order valence-electron chi connectivity index (χ3n) is 9.31. The van der Waals surface area contributed by atoms with Crippen LogP contribution in [-0.4, -0.2) is 15.0 Å². The van der Waals surface area contributed by atoms with E-state index < -0.39 is 0 Å².